The van der Waals surface area contributed by atoms with E-state index in [-0.39, 0.29) is 12.0 Å². The smallest absolute Gasteiger partial charge is 0.309 e. The van der Waals surface area contributed by atoms with Crippen LogP contribution < -0.4 is 5.32 Å². The largest absolute Gasteiger partial charge is 0.481 e. The van der Waals surface area contributed by atoms with Gasteiger partial charge in [0.2, 0.25) is 5.91 Å². The van der Waals surface area contributed by atoms with Crippen molar-refractivity contribution in [3.05, 3.63) is 0 Å². The summed E-state index contributed by atoms with van der Waals surface area (Å²) in [6.45, 7) is 5.44. The van der Waals surface area contributed by atoms with Gasteiger partial charge in [-0.2, -0.15) is 0 Å². The molecule has 1 aliphatic rings. The number of ether oxygens (including phenoxy) is 1. The van der Waals surface area contributed by atoms with Crippen LogP contribution in [0.2, 0.25) is 0 Å². The monoisotopic (exact) mass is 299 g/mol. The lowest BCUT2D eigenvalue weighted by Gasteiger charge is -2.22. The minimum Gasteiger partial charge on any atom is -0.481 e. The zero-order chi connectivity index (χ0) is 15.9. The number of carbonyl (C=O) groups is 2. The first-order chi connectivity index (χ1) is 9.83. The molecule has 1 atom stereocenters. The Hall–Kier alpha value is -1.10. The third kappa shape index (κ3) is 6.46. The van der Waals surface area contributed by atoms with E-state index in [1.807, 2.05) is 0 Å². The number of hydrogen-bond donors (Lipinski definition) is 2. The van der Waals surface area contributed by atoms with Gasteiger partial charge in [-0.15, -0.1) is 0 Å². The molecule has 1 rings (SSSR count). The highest BCUT2D eigenvalue weighted by Gasteiger charge is 2.27. The van der Waals surface area contributed by atoms with E-state index in [9.17, 15) is 9.59 Å². The van der Waals surface area contributed by atoms with Crippen molar-refractivity contribution >= 4 is 11.9 Å². The minimum atomic E-state index is -0.848. The van der Waals surface area contributed by atoms with Gasteiger partial charge in [0, 0.05) is 6.54 Å². The number of nitrogens with one attached hydrogen (secondary N) is 1. The predicted molar refractivity (Wildman–Crippen MR) is 81.1 cm³/mol. The summed E-state index contributed by atoms with van der Waals surface area (Å²) in [5, 5.41) is 11.8. The van der Waals surface area contributed by atoms with Gasteiger partial charge in [-0.3, -0.25) is 9.59 Å². The van der Waals surface area contributed by atoms with Gasteiger partial charge >= 0.3 is 5.97 Å². The van der Waals surface area contributed by atoms with Crippen molar-refractivity contribution in [2.24, 2.45) is 5.41 Å². The van der Waals surface area contributed by atoms with Gasteiger partial charge in [0.25, 0.3) is 0 Å². The molecule has 5 nitrogen and oxygen atoms in total. The number of aliphatic carboxylic acids is 1. The molecule has 1 saturated carbocycles. The van der Waals surface area contributed by atoms with Crippen molar-refractivity contribution in [3.8, 4) is 0 Å². The highest BCUT2D eigenvalue weighted by molar-refractivity contribution is 5.80. The normalized spacial score (nSPS) is 18.8. The second-order valence-corrected chi connectivity index (χ2v) is 6.62. The molecule has 0 radical (unpaired) electrons. The summed E-state index contributed by atoms with van der Waals surface area (Å²) < 4.78 is 5.83. The Labute approximate surface area is 127 Å². The third-order valence-electron chi connectivity index (χ3n) is 4.20. The van der Waals surface area contributed by atoms with Crippen molar-refractivity contribution in [1.82, 2.24) is 5.32 Å². The summed E-state index contributed by atoms with van der Waals surface area (Å²) >= 11 is 0. The first-order valence-electron chi connectivity index (χ1n) is 7.99. The Morgan fingerprint density at radius 2 is 1.81 bits per heavy atom. The van der Waals surface area contributed by atoms with Gasteiger partial charge in [0.15, 0.2) is 0 Å². The number of hydrogen-bond acceptors (Lipinski definition) is 3. The molecule has 0 saturated heterocycles. The van der Waals surface area contributed by atoms with E-state index < -0.39 is 17.5 Å². The highest BCUT2D eigenvalue weighted by Crippen LogP contribution is 2.21. The van der Waals surface area contributed by atoms with Crippen LogP contribution in [0.4, 0.5) is 0 Å². The maximum absolute atomic E-state index is 12.0. The van der Waals surface area contributed by atoms with Crippen molar-refractivity contribution < 1.29 is 19.4 Å². The zero-order valence-corrected chi connectivity index (χ0v) is 13.5. The lowest BCUT2D eigenvalue weighted by atomic mass is 9.90. The molecule has 1 aliphatic carbocycles. The number of amides is 1. The fourth-order valence-corrected chi connectivity index (χ4v) is 2.48. The molecule has 0 aromatic heterocycles. The molecule has 0 bridgehead atoms. The summed E-state index contributed by atoms with van der Waals surface area (Å²) in [4.78, 5) is 23.0. The molecule has 1 fully saturated rings. The standard InChI is InChI=1S/C16H29NO4/c1-12(21-13-8-6-4-5-7-9-13)14(18)17-11-10-16(2,3)15(19)20/h12-13H,4-11H2,1-3H3,(H,17,18)(H,19,20). The molecule has 0 spiro atoms. The topological polar surface area (TPSA) is 75.6 Å². The number of carbonyl (C=O) groups excluding carboxylic acids is 1. The van der Waals surface area contributed by atoms with Crippen LogP contribution in [0.15, 0.2) is 0 Å². The molecular weight excluding hydrogens is 270 g/mol. The average Bonchev–Trinajstić information content (AvgIpc) is 2.66. The summed E-state index contributed by atoms with van der Waals surface area (Å²) in [5.74, 6) is -1.00. The van der Waals surface area contributed by atoms with E-state index in [2.05, 4.69) is 5.32 Å². The van der Waals surface area contributed by atoms with Gasteiger partial charge in [-0.1, -0.05) is 25.7 Å². The zero-order valence-electron chi connectivity index (χ0n) is 13.5. The van der Waals surface area contributed by atoms with Crippen molar-refractivity contribution in [2.45, 2.75) is 77.9 Å². The lowest BCUT2D eigenvalue weighted by Crippen LogP contribution is -2.39. The van der Waals surface area contributed by atoms with E-state index >= 15 is 0 Å². The average molecular weight is 299 g/mol. The molecule has 21 heavy (non-hydrogen) atoms. The van der Waals surface area contributed by atoms with Gasteiger partial charge in [0.1, 0.15) is 6.10 Å². The number of rotatable bonds is 7. The summed E-state index contributed by atoms with van der Waals surface area (Å²) in [5.41, 5.74) is -0.821. The predicted octanol–water partition coefficient (Wildman–Crippen LogP) is 2.73. The van der Waals surface area contributed by atoms with Gasteiger partial charge in [-0.25, -0.2) is 0 Å². The molecular formula is C16H29NO4. The maximum atomic E-state index is 12.0. The van der Waals surface area contributed by atoms with Gasteiger partial charge in [0.05, 0.1) is 11.5 Å². The fourth-order valence-electron chi connectivity index (χ4n) is 2.48. The fraction of sp³-hybridized carbons (Fsp3) is 0.875. The summed E-state index contributed by atoms with van der Waals surface area (Å²) in [7, 11) is 0. The molecule has 0 aromatic carbocycles. The molecule has 5 heteroatoms. The van der Waals surface area contributed by atoms with Crippen LogP contribution in [0.1, 0.15) is 65.7 Å². The lowest BCUT2D eigenvalue weighted by molar-refractivity contribution is -0.147. The van der Waals surface area contributed by atoms with Crippen LogP contribution >= 0.6 is 0 Å². The van der Waals surface area contributed by atoms with Crippen LogP contribution in [0.25, 0.3) is 0 Å². The third-order valence-corrected chi connectivity index (χ3v) is 4.20. The first kappa shape index (κ1) is 18.0. The second-order valence-electron chi connectivity index (χ2n) is 6.62. The SMILES string of the molecule is CC(OC1CCCCCC1)C(=O)NCCC(C)(C)C(=O)O. The quantitative estimate of drug-likeness (QED) is 0.709. The van der Waals surface area contributed by atoms with Crippen LogP contribution in [0, 0.1) is 5.41 Å². The Bertz CT molecular complexity index is 346. The number of carboxylic acid groups (broad SMARTS) is 1. The van der Waals surface area contributed by atoms with Crippen LogP contribution in [-0.4, -0.2) is 35.7 Å². The Morgan fingerprint density at radius 3 is 2.33 bits per heavy atom. The molecule has 1 unspecified atom stereocenters. The highest BCUT2D eigenvalue weighted by atomic mass is 16.5. The van der Waals surface area contributed by atoms with E-state index in [1.54, 1.807) is 20.8 Å². The molecule has 0 aliphatic heterocycles. The summed E-state index contributed by atoms with van der Waals surface area (Å²) in [6.07, 6.45) is 7.04. The van der Waals surface area contributed by atoms with Gasteiger partial charge in [-0.05, 0) is 40.0 Å². The second kappa shape index (κ2) is 8.37. The van der Waals surface area contributed by atoms with Crippen LogP contribution in [-0.2, 0) is 14.3 Å². The maximum Gasteiger partial charge on any atom is 0.309 e. The molecule has 0 aromatic rings. The van der Waals surface area contributed by atoms with Crippen molar-refractivity contribution in [1.29, 1.82) is 0 Å². The Morgan fingerprint density at radius 1 is 1.24 bits per heavy atom. The Kier molecular flexibility index (Phi) is 7.15. The van der Waals surface area contributed by atoms with E-state index in [0.29, 0.717) is 13.0 Å². The molecule has 122 valence electrons. The molecule has 2 N–H and O–H groups in total. The van der Waals surface area contributed by atoms with Crippen molar-refractivity contribution in [3.63, 3.8) is 0 Å². The first-order valence-corrected chi connectivity index (χ1v) is 7.99. The van der Waals surface area contributed by atoms with Crippen molar-refractivity contribution in [2.75, 3.05) is 6.54 Å². The van der Waals surface area contributed by atoms with E-state index in [4.69, 9.17) is 9.84 Å². The number of carboxylic acids is 1. The Balaban J connectivity index is 2.29. The molecule has 0 heterocycles. The van der Waals surface area contributed by atoms with E-state index in [0.717, 1.165) is 12.8 Å². The summed E-state index contributed by atoms with van der Waals surface area (Å²) in [6, 6.07) is 0. The van der Waals surface area contributed by atoms with Crippen LogP contribution in [0.3, 0.4) is 0 Å². The van der Waals surface area contributed by atoms with Crippen LogP contribution in [0.5, 0.6) is 0 Å². The van der Waals surface area contributed by atoms with E-state index in [1.165, 1.54) is 25.7 Å². The molecule has 1 amide bonds. The van der Waals surface area contributed by atoms with Gasteiger partial charge < -0.3 is 15.2 Å². The minimum absolute atomic E-state index is 0.152.